The first-order chi connectivity index (χ1) is 12.7. The fraction of sp³-hybridized carbons (Fsp3) is 0.222. The van der Waals surface area contributed by atoms with Gasteiger partial charge in [0.2, 0.25) is 10.0 Å². The Kier molecular flexibility index (Phi) is 4.99. The molecule has 0 bridgehead atoms. The van der Waals surface area contributed by atoms with Crippen molar-refractivity contribution in [1.29, 1.82) is 0 Å². The molecule has 0 saturated carbocycles. The molecule has 0 radical (unpaired) electrons. The first-order valence-corrected chi connectivity index (χ1v) is 9.67. The number of nitrogens with one attached hydrogen (secondary N) is 2. The summed E-state index contributed by atoms with van der Waals surface area (Å²) in [5.74, 6) is -0.557. The lowest BCUT2D eigenvalue weighted by Gasteiger charge is -2.12. The highest BCUT2D eigenvalue weighted by Crippen LogP contribution is 2.16. The molecule has 0 aliphatic rings. The van der Waals surface area contributed by atoms with Crippen molar-refractivity contribution in [3.8, 4) is 0 Å². The van der Waals surface area contributed by atoms with Crippen molar-refractivity contribution in [2.45, 2.75) is 25.3 Å². The van der Waals surface area contributed by atoms with Crippen molar-refractivity contribution in [3.63, 3.8) is 0 Å². The Morgan fingerprint density at radius 3 is 2.59 bits per heavy atom. The van der Waals surface area contributed by atoms with Gasteiger partial charge >= 0.3 is 11.1 Å². The Morgan fingerprint density at radius 1 is 1.11 bits per heavy atom. The number of fused-ring (bicyclic) bond motifs is 1. The summed E-state index contributed by atoms with van der Waals surface area (Å²) in [7, 11) is -3.78. The van der Waals surface area contributed by atoms with Crippen LogP contribution in [0, 0.1) is 19.7 Å². The predicted octanol–water partition coefficient (Wildman–Crippen LogP) is 1.42. The van der Waals surface area contributed by atoms with Crippen LogP contribution < -0.4 is 15.8 Å². The van der Waals surface area contributed by atoms with E-state index in [4.69, 9.17) is 0 Å². The van der Waals surface area contributed by atoms with E-state index in [9.17, 15) is 22.4 Å². The molecule has 1 aromatic heterocycles. The molecular weight excluding hydrogens is 373 g/mol. The summed E-state index contributed by atoms with van der Waals surface area (Å²) in [6.45, 7) is 3.30. The topological polar surface area (TPSA) is 101 Å². The van der Waals surface area contributed by atoms with E-state index >= 15 is 0 Å². The third-order valence-electron chi connectivity index (χ3n) is 4.20. The van der Waals surface area contributed by atoms with Crippen molar-refractivity contribution >= 4 is 21.1 Å². The van der Waals surface area contributed by atoms with Gasteiger partial charge in [-0.1, -0.05) is 12.1 Å². The molecule has 0 unspecified atom stereocenters. The second-order valence-electron chi connectivity index (χ2n) is 6.24. The van der Waals surface area contributed by atoms with Crippen LogP contribution in [0.4, 0.5) is 4.39 Å². The molecule has 1 heterocycles. The van der Waals surface area contributed by atoms with Gasteiger partial charge in [-0.15, -0.1) is 0 Å². The standard InChI is InChI=1S/C18H18FN3O4S/c1-11-3-4-12(2)16(9-11)27(25,26)20-7-8-22-15-6-5-13(19)10-14(15)21-17(23)18(22)24/h3-6,9-10,20H,7-8H2,1-2H3,(H,21,23). The van der Waals surface area contributed by atoms with Gasteiger partial charge in [-0.25, -0.2) is 17.5 Å². The van der Waals surface area contributed by atoms with Crippen LogP contribution in [0.25, 0.3) is 11.0 Å². The van der Waals surface area contributed by atoms with E-state index in [0.29, 0.717) is 11.1 Å². The number of aromatic nitrogens is 2. The van der Waals surface area contributed by atoms with E-state index in [-0.39, 0.29) is 23.5 Å². The number of hydrogen-bond acceptors (Lipinski definition) is 4. The second kappa shape index (κ2) is 7.09. The molecule has 3 rings (SSSR count). The number of benzene rings is 2. The fourth-order valence-electron chi connectivity index (χ4n) is 2.84. The highest BCUT2D eigenvalue weighted by atomic mass is 32.2. The molecule has 2 aromatic carbocycles. The zero-order chi connectivity index (χ0) is 19.8. The molecular formula is C18H18FN3O4S. The van der Waals surface area contributed by atoms with E-state index in [2.05, 4.69) is 9.71 Å². The molecule has 0 amide bonds. The van der Waals surface area contributed by atoms with Crippen LogP contribution in [-0.4, -0.2) is 24.5 Å². The molecule has 3 aromatic rings. The van der Waals surface area contributed by atoms with E-state index in [1.807, 2.05) is 6.07 Å². The zero-order valence-electron chi connectivity index (χ0n) is 14.7. The number of aromatic amines is 1. The molecule has 2 N–H and O–H groups in total. The van der Waals surface area contributed by atoms with Crippen molar-refractivity contribution in [1.82, 2.24) is 14.3 Å². The van der Waals surface area contributed by atoms with Gasteiger partial charge in [0.05, 0.1) is 15.9 Å². The van der Waals surface area contributed by atoms with Crippen LogP contribution in [0.2, 0.25) is 0 Å². The number of nitrogens with zero attached hydrogens (tertiary/aromatic N) is 1. The molecule has 0 atom stereocenters. The lowest BCUT2D eigenvalue weighted by molar-refractivity contribution is 0.571. The lowest BCUT2D eigenvalue weighted by atomic mass is 10.2. The van der Waals surface area contributed by atoms with Crippen LogP contribution in [0.1, 0.15) is 11.1 Å². The minimum Gasteiger partial charge on any atom is -0.316 e. The summed E-state index contributed by atoms with van der Waals surface area (Å²) in [4.78, 5) is 26.4. The van der Waals surface area contributed by atoms with E-state index in [1.165, 1.54) is 6.07 Å². The SMILES string of the molecule is Cc1ccc(C)c(S(=O)(=O)NCCn2c(=O)c(=O)[nH]c3cc(F)ccc32)c1. The summed E-state index contributed by atoms with van der Waals surface area (Å²) < 4.78 is 42.0. The third kappa shape index (κ3) is 3.83. The Bertz CT molecular complexity index is 1250. The third-order valence-corrected chi connectivity index (χ3v) is 5.80. The molecule has 0 aliphatic carbocycles. The summed E-state index contributed by atoms with van der Waals surface area (Å²) >= 11 is 0. The molecule has 27 heavy (non-hydrogen) atoms. The van der Waals surface area contributed by atoms with Gasteiger partial charge in [-0.3, -0.25) is 9.59 Å². The fourth-order valence-corrected chi connectivity index (χ4v) is 4.19. The van der Waals surface area contributed by atoms with Gasteiger partial charge in [0.15, 0.2) is 0 Å². The van der Waals surface area contributed by atoms with E-state index < -0.39 is 27.0 Å². The molecule has 7 nitrogen and oxygen atoms in total. The molecule has 9 heteroatoms. The molecule has 0 aliphatic heterocycles. The maximum atomic E-state index is 13.4. The number of sulfonamides is 1. The van der Waals surface area contributed by atoms with Gasteiger partial charge in [-0.05, 0) is 49.2 Å². The minimum atomic E-state index is -3.78. The molecule has 0 fully saturated rings. The number of hydrogen-bond donors (Lipinski definition) is 2. The summed E-state index contributed by atoms with van der Waals surface area (Å²) in [5, 5.41) is 0. The van der Waals surface area contributed by atoms with Crippen LogP contribution in [0.3, 0.4) is 0 Å². The lowest BCUT2D eigenvalue weighted by Crippen LogP contribution is -2.39. The van der Waals surface area contributed by atoms with Gasteiger partial charge in [0, 0.05) is 13.1 Å². The van der Waals surface area contributed by atoms with Gasteiger partial charge in [0.25, 0.3) is 0 Å². The zero-order valence-corrected chi connectivity index (χ0v) is 15.6. The van der Waals surface area contributed by atoms with E-state index in [0.717, 1.165) is 22.3 Å². The van der Waals surface area contributed by atoms with E-state index in [1.54, 1.807) is 26.0 Å². The first-order valence-electron chi connectivity index (χ1n) is 8.18. The quantitative estimate of drug-likeness (QED) is 0.643. The highest BCUT2D eigenvalue weighted by molar-refractivity contribution is 7.89. The number of H-pyrrole nitrogens is 1. The summed E-state index contributed by atoms with van der Waals surface area (Å²) in [5.41, 5.74) is 0.150. The minimum absolute atomic E-state index is 0.0744. The summed E-state index contributed by atoms with van der Waals surface area (Å²) in [6, 6.07) is 8.73. The van der Waals surface area contributed by atoms with Crippen LogP contribution >= 0.6 is 0 Å². The van der Waals surface area contributed by atoms with Crippen LogP contribution in [-0.2, 0) is 16.6 Å². The highest BCUT2D eigenvalue weighted by Gasteiger charge is 2.17. The van der Waals surface area contributed by atoms with Gasteiger partial charge in [0.1, 0.15) is 5.82 Å². The second-order valence-corrected chi connectivity index (χ2v) is 7.97. The first kappa shape index (κ1) is 19.0. The van der Waals surface area contributed by atoms with Crippen molar-refractivity contribution < 1.29 is 12.8 Å². The predicted molar refractivity (Wildman–Crippen MR) is 99.9 cm³/mol. The normalized spacial score (nSPS) is 11.8. The Hall–Kier alpha value is -2.78. The largest absolute Gasteiger partial charge is 0.316 e. The van der Waals surface area contributed by atoms with Gasteiger partial charge < -0.3 is 9.55 Å². The molecule has 142 valence electrons. The van der Waals surface area contributed by atoms with Crippen LogP contribution in [0.5, 0.6) is 0 Å². The smallest absolute Gasteiger partial charge is 0.316 e. The average Bonchev–Trinajstić information content (AvgIpc) is 2.60. The van der Waals surface area contributed by atoms with Crippen molar-refractivity contribution in [2.75, 3.05) is 6.54 Å². The Morgan fingerprint density at radius 2 is 1.85 bits per heavy atom. The number of aryl methyl sites for hydroxylation is 2. The maximum Gasteiger partial charge on any atom is 0.316 e. The van der Waals surface area contributed by atoms with Crippen molar-refractivity contribution in [2.24, 2.45) is 0 Å². The van der Waals surface area contributed by atoms with Gasteiger partial charge in [-0.2, -0.15) is 0 Å². The monoisotopic (exact) mass is 391 g/mol. The maximum absolute atomic E-state index is 13.4. The Labute approximate surface area is 154 Å². The summed E-state index contributed by atoms with van der Waals surface area (Å²) in [6.07, 6.45) is 0. The number of halogens is 1. The molecule has 0 saturated heterocycles. The Balaban J connectivity index is 1.89. The average molecular weight is 391 g/mol. The van der Waals surface area contributed by atoms with Crippen LogP contribution in [0.15, 0.2) is 50.9 Å². The van der Waals surface area contributed by atoms with Crippen molar-refractivity contribution in [3.05, 3.63) is 74.0 Å². The number of rotatable bonds is 5. The molecule has 0 spiro atoms.